The minimum atomic E-state index is -2.74. The average Bonchev–Trinajstić information content (AvgIpc) is 2.64. The number of ketones is 4. The summed E-state index contributed by atoms with van der Waals surface area (Å²) < 4.78 is 0. The predicted molar refractivity (Wildman–Crippen MR) is 95.2 cm³/mol. The number of aromatic hydroxyl groups is 1. The van der Waals surface area contributed by atoms with Crippen molar-refractivity contribution in [2.24, 2.45) is 29.4 Å². The lowest BCUT2D eigenvalue weighted by molar-refractivity contribution is -0.385. The molecule has 11 nitrogen and oxygen atoms in total. The number of amides is 1. The SMILES string of the molecule is NC(=O)C1C(=O)CC2CC3Cc4c([N+](=O)[O-])ccc(O)c4C(=O)C3C(=O)[C@]2(O)C1=O. The van der Waals surface area contributed by atoms with Gasteiger partial charge in [-0.3, -0.25) is 34.1 Å². The number of fused-ring (bicyclic) bond motifs is 3. The minimum absolute atomic E-state index is 0.0343. The van der Waals surface area contributed by atoms with Crippen LogP contribution in [0.3, 0.4) is 0 Å². The van der Waals surface area contributed by atoms with Crippen molar-refractivity contribution < 1.29 is 39.1 Å². The van der Waals surface area contributed by atoms with Gasteiger partial charge in [0.15, 0.2) is 34.7 Å². The summed E-state index contributed by atoms with van der Waals surface area (Å²) >= 11 is 0. The third kappa shape index (κ3) is 2.38. The fourth-order valence-corrected chi connectivity index (χ4v) is 5.12. The summed E-state index contributed by atoms with van der Waals surface area (Å²) in [7, 11) is 0. The number of carbonyl (C=O) groups is 5. The first-order valence-corrected chi connectivity index (χ1v) is 9.16. The molecule has 5 atom stereocenters. The topological polar surface area (TPSA) is 195 Å². The van der Waals surface area contributed by atoms with Crippen LogP contribution in [-0.2, 0) is 25.6 Å². The molecule has 2 saturated carbocycles. The molecule has 0 aliphatic heterocycles. The van der Waals surface area contributed by atoms with Gasteiger partial charge in [0.1, 0.15) is 5.75 Å². The van der Waals surface area contributed by atoms with Crippen LogP contribution < -0.4 is 5.73 Å². The van der Waals surface area contributed by atoms with Gasteiger partial charge in [0, 0.05) is 24.0 Å². The summed E-state index contributed by atoms with van der Waals surface area (Å²) in [4.78, 5) is 73.4. The van der Waals surface area contributed by atoms with E-state index >= 15 is 0 Å². The number of benzene rings is 1. The number of nitro groups is 1. The number of nitrogens with two attached hydrogens (primary N) is 1. The van der Waals surface area contributed by atoms with E-state index in [-0.39, 0.29) is 18.4 Å². The van der Waals surface area contributed by atoms with Crippen LogP contribution in [0.25, 0.3) is 0 Å². The highest BCUT2D eigenvalue weighted by molar-refractivity contribution is 6.31. The van der Waals surface area contributed by atoms with Gasteiger partial charge < -0.3 is 15.9 Å². The average molecular weight is 416 g/mol. The van der Waals surface area contributed by atoms with E-state index in [1.54, 1.807) is 0 Å². The lowest BCUT2D eigenvalue weighted by Crippen LogP contribution is -2.68. The second-order valence-corrected chi connectivity index (χ2v) is 7.95. The van der Waals surface area contributed by atoms with Crippen LogP contribution in [0.5, 0.6) is 5.75 Å². The molecule has 3 aliphatic rings. The molecule has 156 valence electrons. The molecule has 0 radical (unpaired) electrons. The van der Waals surface area contributed by atoms with Crippen LogP contribution >= 0.6 is 0 Å². The zero-order valence-electron chi connectivity index (χ0n) is 15.4. The Hall–Kier alpha value is -3.47. The maximum absolute atomic E-state index is 13.2. The van der Waals surface area contributed by atoms with Crippen molar-refractivity contribution in [3.8, 4) is 5.75 Å². The minimum Gasteiger partial charge on any atom is -0.507 e. The van der Waals surface area contributed by atoms with Gasteiger partial charge in [-0.15, -0.1) is 0 Å². The van der Waals surface area contributed by atoms with Gasteiger partial charge in [0.25, 0.3) is 5.69 Å². The van der Waals surface area contributed by atoms with E-state index in [0.717, 1.165) is 12.1 Å². The van der Waals surface area contributed by atoms with Crippen molar-refractivity contribution in [3.63, 3.8) is 0 Å². The van der Waals surface area contributed by atoms with E-state index in [2.05, 4.69) is 0 Å². The molecule has 0 spiro atoms. The van der Waals surface area contributed by atoms with Crippen molar-refractivity contribution >= 4 is 34.7 Å². The highest BCUT2D eigenvalue weighted by Gasteiger charge is 2.66. The van der Waals surface area contributed by atoms with Crippen LogP contribution in [0.1, 0.15) is 28.8 Å². The van der Waals surface area contributed by atoms with Crippen molar-refractivity contribution in [1.82, 2.24) is 0 Å². The molecular formula is C19H16N2O9. The van der Waals surface area contributed by atoms with Gasteiger partial charge in [-0.1, -0.05) is 0 Å². The summed E-state index contributed by atoms with van der Waals surface area (Å²) in [6, 6.07) is 2.02. The highest BCUT2D eigenvalue weighted by atomic mass is 16.6. The predicted octanol–water partition coefficient (Wildman–Crippen LogP) is -0.765. The number of nitro benzene ring substituents is 1. The first-order chi connectivity index (χ1) is 14.0. The van der Waals surface area contributed by atoms with Crippen LogP contribution in [0, 0.1) is 33.8 Å². The second kappa shape index (κ2) is 6.26. The number of phenols is 1. The summed E-state index contributed by atoms with van der Waals surface area (Å²) in [5.74, 6) is -11.6. The normalized spacial score (nSPS) is 32.8. The van der Waals surface area contributed by atoms with E-state index in [9.17, 15) is 44.3 Å². The third-order valence-corrected chi connectivity index (χ3v) is 6.46. The summed E-state index contributed by atoms with van der Waals surface area (Å²) in [5, 5.41) is 32.5. The lowest BCUT2D eigenvalue weighted by atomic mass is 9.54. The Morgan fingerprint density at radius 3 is 2.43 bits per heavy atom. The molecule has 4 N–H and O–H groups in total. The maximum Gasteiger partial charge on any atom is 0.273 e. The summed E-state index contributed by atoms with van der Waals surface area (Å²) in [6.45, 7) is 0. The molecule has 1 amide bonds. The van der Waals surface area contributed by atoms with Gasteiger partial charge in [0.2, 0.25) is 5.91 Å². The number of hydrogen-bond acceptors (Lipinski definition) is 9. The Morgan fingerprint density at radius 2 is 1.83 bits per heavy atom. The van der Waals surface area contributed by atoms with Crippen molar-refractivity contribution in [3.05, 3.63) is 33.4 Å². The quantitative estimate of drug-likeness (QED) is 0.315. The molecule has 1 aromatic carbocycles. The maximum atomic E-state index is 13.2. The van der Waals surface area contributed by atoms with E-state index in [1.807, 2.05) is 0 Å². The van der Waals surface area contributed by atoms with E-state index < -0.39 is 86.7 Å². The van der Waals surface area contributed by atoms with E-state index in [1.165, 1.54) is 0 Å². The molecule has 30 heavy (non-hydrogen) atoms. The number of hydrogen-bond donors (Lipinski definition) is 3. The van der Waals surface area contributed by atoms with Crippen LogP contribution in [0.2, 0.25) is 0 Å². The Kier molecular flexibility index (Phi) is 4.14. The van der Waals surface area contributed by atoms with Crippen LogP contribution in [0.15, 0.2) is 12.1 Å². The molecule has 2 fully saturated rings. The Balaban J connectivity index is 1.84. The summed E-state index contributed by atoms with van der Waals surface area (Å²) in [5.41, 5.74) is 1.53. The second-order valence-electron chi connectivity index (χ2n) is 7.95. The first-order valence-electron chi connectivity index (χ1n) is 9.16. The van der Waals surface area contributed by atoms with Gasteiger partial charge in [-0.25, -0.2) is 0 Å². The van der Waals surface area contributed by atoms with Crippen molar-refractivity contribution in [2.75, 3.05) is 0 Å². The van der Waals surface area contributed by atoms with Crippen LogP contribution in [-0.4, -0.2) is 49.8 Å². The zero-order valence-corrected chi connectivity index (χ0v) is 15.4. The smallest absolute Gasteiger partial charge is 0.273 e. The monoisotopic (exact) mass is 416 g/mol. The Bertz CT molecular complexity index is 1080. The van der Waals surface area contributed by atoms with Gasteiger partial charge >= 0.3 is 0 Å². The fraction of sp³-hybridized carbons (Fsp3) is 0.421. The Labute approximate surface area is 168 Å². The van der Waals surface area contributed by atoms with E-state index in [4.69, 9.17) is 5.73 Å². The van der Waals surface area contributed by atoms with Crippen molar-refractivity contribution in [1.29, 1.82) is 0 Å². The molecule has 11 heteroatoms. The number of phenolic OH excluding ortho intramolecular Hbond substituents is 1. The number of primary amides is 1. The molecular weight excluding hydrogens is 400 g/mol. The molecule has 0 saturated heterocycles. The molecule has 0 bridgehead atoms. The lowest BCUT2D eigenvalue weighted by Gasteiger charge is -2.48. The van der Waals surface area contributed by atoms with Crippen molar-refractivity contribution in [2.45, 2.75) is 24.9 Å². The first kappa shape index (κ1) is 19.8. The fourth-order valence-electron chi connectivity index (χ4n) is 5.12. The number of nitrogens with zero attached hydrogens (tertiary/aromatic N) is 1. The standard InChI is InChI=1S/C19H16N2O9/c20-18(27)14-11(23)5-7-3-6-4-8-9(21(29)30)1-2-10(22)13(8)15(24)12(6)16(25)19(7,28)17(14)26/h1-2,6-7,12,14,22,28H,3-5H2,(H2,20,27)/t6?,7?,12?,14?,19-/m0/s1. The van der Waals surface area contributed by atoms with Gasteiger partial charge in [0.05, 0.1) is 16.4 Å². The number of carbonyl (C=O) groups excluding carboxylic acids is 5. The number of rotatable bonds is 2. The number of aliphatic hydroxyl groups is 1. The largest absolute Gasteiger partial charge is 0.507 e. The highest BCUT2D eigenvalue weighted by Crippen LogP contribution is 2.50. The van der Waals surface area contributed by atoms with Gasteiger partial charge in [-0.05, 0) is 24.8 Å². The molecule has 4 unspecified atom stereocenters. The third-order valence-electron chi connectivity index (χ3n) is 6.46. The molecule has 4 rings (SSSR count). The number of Topliss-reactive ketones (excluding diaryl/α,β-unsaturated/α-hetero) is 4. The Morgan fingerprint density at radius 1 is 1.17 bits per heavy atom. The molecule has 0 heterocycles. The van der Waals surface area contributed by atoms with E-state index in [0.29, 0.717) is 0 Å². The summed E-state index contributed by atoms with van der Waals surface area (Å²) in [6.07, 6.45) is -0.710. The molecule has 0 aromatic heterocycles. The zero-order chi connectivity index (χ0) is 22.1. The molecule has 3 aliphatic carbocycles. The van der Waals surface area contributed by atoms with Gasteiger partial charge in [-0.2, -0.15) is 0 Å². The van der Waals surface area contributed by atoms with Crippen LogP contribution in [0.4, 0.5) is 5.69 Å². The molecule has 1 aromatic rings.